The fourth-order valence-corrected chi connectivity index (χ4v) is 3.65. The van der Waals surface area contributed by atoms with Gasteiger partial charge in [0.15, 0.2) is 0 Å². The molecule has 1 rings (SSSR count). The molecule has 0 aromatic rings. The molecule has 0 saturated heterocycles. The summed E-state index contributed by atoms with van der Waals surface area (Å²) in [4.78, 5) is 0. The van der Waals surface area contributed by atoms with Gasteiger partial charge in [0, 0.05) is 18.7 Å². The van der Waals surface area contributed by atoms with Crippen LogP contribution in [-0.4, -0.2) is 23.8 Å². The molecular formula is C16H33NO. The lowest BCUT2D eigenvalue weighted by atomic mass is 9.70. The molecule has 0 radical (unpaired) electrons. The average molecular weight is 255 g/mol. The molecule has 0 aliphatic heterocycles. The molecule has 1 fully saturated rings. The van der Waals surface area contributed by atoms with Gasteiger partial charge in [-0.3, -0.25) is 0 Å². The molecule has 3 unspecified atom stereocenters. The van der Waals surface area contributed by atoms with E-state index in [9.17, 15) is 5.11 Å². The van der Waals surface area contributed by atoms with Gasteiger partial charge in [-0.1, -0.05) is 41.5 Å². The monoisotopic (exact) mass is 255 g/mol. The van der Waals surface area contributed by atoms with Crippen LogP contribution in [-0.2, 0) is 0 Å². The van der Waals surface area contributed by atoms with Crippen molar-refractivity contribution in [1.82, 2.24) is 5.32 Å². The number of nitrogens with one attached hydrogen (secondary N) is 1. The third-order valence-electron chi connectivity index (χ3n) is 4.29. The summed E-state index contributed by atoms with van der Waals surface area (Å²) in [6.07, 6.45) is 4.73. The summed E-state index contributed by atoms with van der Waals surface area (Å²) in [6, 6.07) is 1.02. The Kier molecular flexibility index (Phi) is 5.25. The van der Waals surface area contributed by atoms with Crippen molar-refractivity contribution >= 4 is 0 Å². The molecule has 1 saturated carbocycles. The van der Waals surface area contributed by atoms with Crippen LogP contribution in [0.4, 0.5) is 0 Å². The third-order valence-corrected chi connectivity index (χ3v) is 4.29. The van der Waals surface area contributed by atoms with E-state index in [4.69, 9.17) is 0 Å². The van der Waals surface area contributed by atoms with Gasteiger partial charge >= 0.3 is 0 Å². The van der Waals surface area contributed by atoms with E-state index in [1.54, 1.807) is 0 Å². The van der Waals surface area contributed by atoms with Crippen LogP contribution in [0.3, 0.4) is 0 Å². The molecule has 3 atom stereocenters. The first-order valence-electron chi connectivity index (χ1n) is 7.51. The Morgan fingerprint density at radius 3 is 2.33 bits per heavy atom. The fraction of sp³-hybridized carbons (Fsp3) is 1.00. The summed E-state index contributed by atoms with van der Waals surface area (Å²) in [5.74, 6) is 0.806. The van der Waals surface area contributed by atoms with Crippen LogP contribution in [0.25, 0.3) is 0 Å². The number of rotatable bonds is 4. The SMILES string of the molecule is CC1CC(NC(CCO)C(C)(C)C)CC(C)(C)C1. The van der Waals surface area contributed by atoms with Crippen LogP contribution in [0, 0.1) is 16.7 Å². The smallest absolute Gasteiger partial charge is 0.0446 e. The number of aliphatic hydroxyl groups is 1. The van der Waals surface area contributed by atoms with Crippen molar-refractivity contribution in [2.24, 2.45) is 16.7 Å². The molecule has 2 heteroatoms. The van der Waals surface area contributed by atoms with Crippen LogP contribution < -0.4 is 5.32 Å². The topological polar surface area (TPSA) is 32.3 Å². The number of hydrogen-bond donors (Lipinski definition) is 2. The van der Waals surface area contributed by atoms with Crippen molar-refractivity contribution in [2.45, 2.75) is 79.3 Å². The zero-order valence-corrected chi connectivity index (χ0v) is 13.2. The van der Waals surface area contributed by atoms with Gasteiger partial charge < -0.3 is 10.4 Å². The maximum atomic E-state index is 9.24. The molecule has 2 nitrogen and oxygen atoms in total. The third kappa shape index (κ3) is 4.89. The minimum Gasteiger partial charge on any atom is -0.396 e. The van der Waals surface area contributed by atoms with E-state index in [-0.39, 0.29) is 12.0 Å². The first-order chi connectivity index (χ1) is 8.14. The molecular weight excluding hydrogens is 222 g/mol. The van der Waals surface area contributed by atoms with Crippen LogP contribution >= 0.6 is 0 Å². The molecule has 0 aromatic carbocycles. The van der Waals surface area contributed by atoms with Gasteiger partial charge in [-0.25, -0.2) is 0 Å². The van der Waals surface area contributed by atoms with Gasteiger partial charge in [0.25, 0.3) is 0 Å². The molecule has 2 N–H and O–H groups in total. The quantitative estimate of drug-likeness (QED) is 0.804. The zero-order valence-electron chi connectivity index (χ0n) is 13.2. The van der Waals surface area contributed by atoms with Crippen LogP contribution in [0.2, 0.25) is 0 Å². The summed E-state index contributed by atoms with van der Waals surface area (Å²) >= 11 is 0. The summed E-state index contributed by atoms with van der Waals surface area (Å²) in [5.41, 5.74) is 0.671. The molecule has 0 spiro atoms. The highest BCUT2D eigenvalue weighted by molar-refractivity contribution is 4.90. The minimum absolute atomic E-state index is 0.216. The van der Waals surface area contributed by atoms with E-state index in [1.807, 2.05) is 0 Å². The van der Waals surface area contributed by atoms with Crippen LogP contribution in [0.5, 0.6) is 0 Å². The van der Waals surface area contributed by atoms with Crippen molar-refractivity contribution in [3.8, 4) is 0 Å². The second-order valence-electron chi connectivity index (χ2n) is 8.21. The Morgan fingerprint density at radius 1 is 1.28 bits per heavy atom. The molecule has 0 bridgehead atoms. The van der Waals surface area contributed by atoms with E-state index in [1.165, 1.54) is 19.3 Å². The van der Waals surface area contributed by atoms with Crippen molar-refractivity contribution in [3.05, 3.63) is 0 Å². The van der Waals surface area contributed by atoms with Crippen molar-refractivity contribution in [1.29, 1.82) is 0 Å². The molecule has 0 aromatic heterocycles. The first kappa shape index (κ1) is 16.0. The van der Waals surface area contributed by atoms with Gasteiger partial charge in [0.1, 0.15) is 0 Å². The Balaban J connectivity index is 2.63. The highest BCUT2D eigenvalue weighted by Gasteiger charge is 2.34. The zero-order chi connectivity index (χ0) is 14.0. The Hall–Kier alpha value is -0.0800. The number of aliphatic hydroxyl groups excluding tert-OH is 1. The highest BCUT2D eigenvalue weighted by atomic mass is 16.3. The van der Waals surface area contributed by atoms with E-state index >= 15 is 0 Å². The largest absolute Gasteiger partial charge is 0.396 e. The summed E-state index contributed by atoms with van der Waals surface area (Å²) in [6.45, 7) is 14.2. The molecule has 108 valence electrons. The predicted molar refractivity (Wildman–Crippen MR) is 78.7 cm³/mol. The van der Waals surface area contributed by atoms with Gasteiger partial charge in [-0.15, -0.1) is 0 Å². The lowest BCUT2D eigenvalue weighted by Crippen LogP contribution is -2.50. The Labute approximate surface area is 114 Å². The van der Waals surface area contributed by atoms with E-state index in [0.29, 0.717) is 17.5 Å². The lowest BCUT2D eigenvalue weighted by molar-refractivity contribution is 0.115. The normalized spacial score (nSPS) is 30.2. The Bertz CT molecular complexity index is 254. The van der Waals surface area contributed by atoms with Crippen molar-refractivity contribution < 1.29 is 5.11 Å². The standard InChI is InChI=1S/C16H33NO/c1-12-9-13(11-16(5,6)10-12)17-14(7-8-18)15(2,3)4/h12-14,17-18H,7-11H2,1-6H3. The van der Waals surface area contributed by atoms with Gasteiger partial charge in [0.2, 0.25) is 0 Å². The second kappa shape index (κ2) is 5.92. The predicted octanol–water partition coefficient (Wildman–Crippen LogP) is 3.59. The molecule has 18 heavy (non-hydrogen) atoms. The van der Waals surface area contributed by atoms with Crippen LogP contribution in [0.15, 0.2) is 0 Å². The molecule has 1 aliphatic carbocycles. The Morgan fingerprint density at radius 2 is 1.89 bits per heavy atom. The maximum Gasteiger partial charge on any atom is 0.0446 e. The van der Waals surface area contributed by atoms with Gasteiger partial charge in [-0.05, 0) is 42.4 Å². The van der Waals surface area contributed by atoms with E-state index in [2.05, 4.69) is 46.9 Å². The summed E-state index contributed by atoms with van der Waals surface area (Å²) in [7, 11) is 0. The van der Waals surface area contributed by atoms with Crippen LogP contribution in [0.1, 0.15) is 67.2 Å². The summed E-state index contributed by atoms with van der Waals surface area (Å²) in [5, 5.41) is 13.1. The number of hydrogen-bond acceptors (Lipinski definition) is 2. The van der Waals surface area contributed by atoms with Gasteiger partial charge in [0.05, 0.1) is 0 Å². The molecule has 0 amide bonds. The van der Waals surface area contributed by atoms with Crippen molar-refractivity contribution in [3.63, 3.8) is 0 Å². The lowest BCUT2D eigenvalue weighted by Gasteiger charge is -2.43. The summed E-state index contributed by atoms with van der Waals surface area (Å²) < 4.78 is 0. The molecule has 1 aliphatic rings. The second-order valence-corrected chi connectivity index (χ2v) is 8.21. The first-order valence-corrected chi connectivity index (χ1v) is 7.51. The fourth-order valence-electron chi connectivity index (χ4n) is 3.65. The van der Waals surface area contributed by atoms with Crippen molar-refractivity contribution in [2.75, 3.05) is 6.61 Å². The van der Waals surface area contributed by atoms with E-state index < -0.39 is 0 Å². The molecule has 0 heterocycles. The maximum absolute atomic E-state index is 9.24. The minimum atomic E-state index is 0.216. The highest BCUT2D eigenvalue weighted by Crippen LogP contribution is 2.39. The van der Waals surface area contributed by atoms with Gasteiger partial charge in [-0.2, -0.15) is 0 Å². The van der Waals surface area contributed by atoms with E-state index in [0.717, 1.165) is 12.3 Å². The average Bonchev–Trinajstić information content (AvgIpc) is 2.12.